The predicted molar refractivity (Wildman–Crippen MR) is 122 cm³/mol. The molecule has 1 amide bonds. The Balaban J connectivity index is 1.60. The lowest BCUT2D eigenvalue weighted by Gasteiger charge is -2.09. The maximum atomic E-state index is 12.8. The van der Waals surface area contributed by atoms with E-state index in [2.05, 4.69) is 68.6 Å². The summed E-state index contributed by atoms with van der Waals surface area (Å²) < 4.78 is 2.04. The minimum absolute atomic E-state index is 0.0124. The maximum absolute atomic E-state index is 12.8. The Morgan fingerprint density at radius 3 is 2.53 bits per heavy atom. The topological polar surface area (TPSA) is 46.4 Å². The highest BCUT2D eigenvalue weighted by Gasteiger charge is 2.17. The molecular formula is C26H27N3O. The Bertz CT molecular complexity index is 1190. The van der Waals surface area contributed by atoms with Crippen LogP contribution < -0.4 is 5.32 Å². The predicted octanol–water partition coefficient (Wildman–Crippen LogP) is 4.83. The van der Waals surface area contributed by atoms with E-state index in [0.717, 1.165) is 34.6 Å². The fraction of sp³-hybridized carbons (Fsp3) is 0.231. The normalized spacial score (nSPS) is 11.0. The number of benzene rings is 2. The number of imidazole rings is 1. The molecule has 0 saturated heterocycles. The molecule has 4 nitrogen and oxygen atoms in total. The van der Waals surface area contributed by atoms with Crippen LogP contribution in [0.25, 0.3) is 16.9 Å². The molecule has 152 valence electrons. The van der Waals surface area contributed by atoms with Gasteiger partial charge in [-0.1, -0.05) is 42.5 Å². The zero-order chi connectivity index (χ0) is 21.1. The fourth-order valence-corrected chi connectivity index (χ4v) is 3.69. The van der Waals surface area contributed by atoms with Crippen LogP contribution in [0.1, 0.15) is 27.9 Å². The third kappa shape index (κ3) is 4.28. The van der Waals surface area contributed by atoms with Gasteiger partial charge in [0, 0.05) is 18.3 Å². The van der Waals surface area contributed by atoms with Crippen molar-refractivity contribution < 1.29 is 4.79 Å². The number of nitrogens with one attached hydrogen (secondary N) is 1. The van der Waals surface area contributed by atoms with E-state index in [4.69, 9.17) is 4.98 Å². The van der Waals surface area contributed by atoms with E-state index in [1.54, 1.807) is 0 Å². The van der Waals surface area contributed by atoms with E-state index < -0.39 is 0 Å². The fourth-order valence-electron chi connectivity index (χ4n) is 3.69. The average Bonchev–Trinajstić information content (AvgIpc) is 3.08. The van der Waals surface area contributed by atoms with Gasteiger partial charge >= 0.3 is 0 Å². The van der Waals surface area contributed by atoms with Crippen molar-refractivity contribution in [1.82, 2.24) is 14.7 Å². The van der Waals surface area contributed by atoms with Crippen molar-refractivity contribution in [2.24, 2.45) is 0 Å². The summed E-state index contributed by atoms with van der Waals surface area (Å²) in [6.07, 6.45) is 3.12. The average molecular weight is 398 g/mol. The molecule has 0 unspecified atom stereocenters. The van der Waals surface area contributed by atoms with Gasteiger partial charge in [0.15, 0.2) is 0 Å². The van der Waals surface area contributed by atoms with Gasteiger partial charge in [-0.15, -0.1) is 0 Å². The Morgan fingerprint density at radius 1 is 0.967 bits per heavy atom. The van der Waals surface area contributed by atoms with E-state index in [0.29, 0.717) is 13.0 Å². The van der Waals surface area contributed by atoms with Crippen molar-refractivity contribution in [1.29, 1.82) is 0 Å². The molecule has 2 heterocycles. The molecule has 0 spiro atoms. The second-order valence-electron chi connectivity index (χ2n) is 7.90. The van der Waals surface area contributed by atoms with Gasteiger partial charge in [0.25, 0.3) is 0 Å². The molecule has 0 radical (unpaired) electrons. The van der Waals surface area contributed by atoms with Crippen LogP contribution in [0, 0.1) is 20.8 Å². The molecule has 0 aliphatic rings. The molecule has 0 aliphatic carbocycles. The van der Waals surface area contributed by atoms with Gasteiger partial charge in [0.2, 0.25) is 5.91 Å². The van der Waals surface area contributed by atoms with Gasteiger partial charge in [0.05, 0.1) is 17.8 Å². The van der Waals surface area contributed by atoms with Gasteiger partial charge in [-0.25, -0.2) is 4.98 Å². The lowest BCUT2D eigenvalue weighted by molar-refractivity contribution is -0.120. The summed E-state index contributed by atoms with van der Waals surface area (Å²) in [5, 5.41) is 3.06. The summed E-state index contributed by atoms with van der Waals surface area (Å²) in [5.41, 5.74) is 8.56. The molecule has 30 heavy (non-hydrogen) atoms. The number of carbonyl (C=O) groups excluding carboxylic acids is 1. The third-order valence-electron chi connectivity index (χ3n) is 5.57. The molecule has 2 aromatic carbocycles. The van der Waals surface area contributed by atoms with Crippen molar-refractivity contribution >= 4 is 11.6 Å². The summed E-state index contributed by atoms with van der Waals surface area (Å²) in [7, 11) is 0. The van der Waals surface area contributed by atoms with Crippen LogP contribution in [0.3, 0.4) is 0 Å². The molecule has 0 aliphatic heterocycles. The zero-order valence-corrected chi connectivity index (χ0v) is 17.8. The second-order valence-corrected chi connectivity index (χ2v) is 7.90. The first-order valence-corrected chi connectivity index (χ1v) is 10.4. The maximum Gasteiger partial charge on any atom is 0.226 e. The van der Waals surface area contributed by atoms with Gasteiger partial charge in [0.1, 0.15) is 5.65 Å². The smallest absolute Gasteiger partial charge is 0.226 e. The van der Waals surface area contributed by atoms with E-state index in [9.17, 15) is 4.79 Å². The van der Waals surface area contributed by atoms with E-state index in [1.165, 1.54) is 16.7 Å². The molecule has 1 N–H and O–H groups in total. The highest BCUT2D eigenvalue weighted by Crippen LogP contribution is 2.27. The Hall–Kier alpha value is -3.40. The quantitative estimate of drug-likeness (QED) is 0.507. The second kappa shape index (κ2) is 8.54. The number of pyridine rings is 1. The number of hydrogen-bond acceptors (Lipinski definition) is 2. The van der Waals surface area contributed by atoms with Crippen LogP contribution in [0.4, 0.5) is 0 Å². The minimum Gasteiger partial charge on any atom is -0.355 e. The van der Waals surface area contributed by atoms with Gasteiger partial charge in [-0.05, 0) is 67.6 Å². The highest BCUT2D eigenvalue weighted by atomic mass is 16.1. The number of aromatic nitrogens is 2. The molecule has 0 atom stereocenters. The zero-order valence-electron chi connectivity index (χ0n) is 17.8. The van der Waals surface area contributed by atoms with Crippen molar-refractivity contribution in [3.8, 4) is 11.3 Å². The first kappa shape index (κ1) is 19.9. The monoisotopic (exact) mass is 397 g/mol. The Morgan fingerprint density at radius 2 is 1.77 bits per heavy atom. The number of hydrogen-bond donors (Lipinski definition) is 1. The van der Waals surface area contributed by atoms with Crippen LogP contribution in [-0.2, 0) is 17.6 Å². The number of fused-ring (bicyclic) bond motifs is 1. The standard InChI is InChI=1S/C26H27N3O/c1-18-12-14-29-23(17-25(30)27-13-11-21-7-5-4-6-8-21)26(28-24(29)15-18)22-10-9-19(2)20(3)16-22/h4-10,12,14-16H,11,13,17H2,1-3H3,(H,27,30). The number of carbonyl (C=O) groups is 1. The van der Waals surface area contributed by atoms with E-state index >= 15 is 0 Å². The largest absolute Gasteiger partial charge is 0.355 e. The molecule has 0 saturated carbocycles. The lowest BCUT2D eigenvalue weighted by atomic mass is 10.0. The molecule has 4 heteroatoms. The van der Waals surface area contributed by atoms with Crippen molar-refractivity contribution in [3.05, 3.63) is 94.8 Å². The first-order chi connectivity index (χ1) is 14.5. The van der Waals surface area contributed by atoms with Crippen molar-refractivity contribution in [2.45, 2.75) is 33.6 Å². The van der Waals surface area contributed by atoms with E-state index in [1.807, 2.05) is 28.8 Å². The van der Waals surface area contributed by atoms with Crippen LogP contribution in [-0.4, -0.2) is 21.8 Å². The summed E-state index contributed by atoms with van der Waals surface area (Å²) in [4.78, 5) is 17.6. The molecule has 0 bridgehead atoms. The number of rotatable bonds is 6. The van der Waals surface area contributed by atoms with Crippen LogP contribution in [0.2, 0.25) is 0 Å². The molecule has 4 rings (SSSR count). The van der Waals surface area contributed by atoms with E-state index in [-0.39, 0.29) is 5.91 Å². The lowest BCUT2D eigenvalue weighted by Crippen LogP contribution is -2.27. The van der Waals surface area contributed by atoms with Gasteiger partial charge in [-0.3, -0.25) is 4.79 Å². The Labute approximate surface area is 177 Å². The molecule has 0 fully saturated rings. The number of aryl methyl sites for hydroxylation is 3. The van der Waals surface area contributed by atoms with Crippen LogP contribution in [0.15, 0.2) is 66.9 Å². The summed E-state index contributed by atoms with van der Waals surface area (Å²) in [6, 6.07) is 20.7. The highest BCUT2D eigenvalue weighted by molar-refractivity contribution is 5.81. The Kier molecular flexibility index (Phi) is 5.66. The molecule has 4 aromatic rings. The van der Waals surface area contributed by atoms with Crippen LogP contribution in [0.5, 0.6) is 0 Å². The minimum atomic E-state index is 0.0124. The molecular weight excluding hydrogens is 370 g/mol. The summed E-state index contributed by atoms with van der Waals surface area (Å²) in [5.74, 6) is 0.0124. The SMILES string of the molecule is Cc1ccn2c(CC(=O)NCCc3ccccc3)c(-c3ccc(C)c(C)c3)nc2c1. The first-order valence-electron chi connectivity index (χ1n) is 10.4. The molecule has 2 aromatic heterocycles. The van der Waals surface area contributed by atoms with Gasteiger partial charge in [-0.2, -0.15) is 0 Å². The van der Waals surface area contributed by atoms with Crippen molar-refractivity contribution in [3.63, 3.8) is 0 Å². The number of amides is 1. The van der Waals surface area contributed by atoms with Crippen LogP contribution >= 0.6 is 0 Å². The summed E-state index contributed by atoms with van der Waals surface area (Å²) >= 11 is 0. The van der Waals surface area contributed by atoms with Gasteiger partial charge < -0.3 is 9.72 Å². The number of nitrogens with zero attached hydrogens (tertiary/aromatic N) is 2. The third-order valence-corrected chi connectivity index (χ3v) is 5.57. The summed E-state index contributed by atoms with van der Waals surface area (Å²) in [6.45, 7) is 6.89. The van der Waals surface area contributed by atoms with Crippen molar-refractivity contribution in [2.75, 3.05) is 6.54 Å².